The molecule has 1 amide bonds. The second-order valence-electron chi connectivity index (χ2n) is 8.40. The summed E-state index contributed by atoms with van der Waals surface area (Å²) in [5.74, 6) is 0.290. The van der Waals surface area contributed by atoms with Gasteiger partial charge in [0.25, 0.3) is 0 Å². The van der Waals surface area contributed by atoms with Gasteiger partial charge in [-0.1, -0.05) is 19.3 Å². The summed E-state index contributed by atoms with van der Waals surface area (Å²) in [6.45, 7) is 3.95. The summed E-state index contributed by atoms with van der Waals surface area (Å²) >= 11 is 0. The Balaban J connectivity index is 1.78. The van der Waals surface area contributed by atoms with Crippen molar-refractivity contribution in [2.24, 2.45) is 11.8 Å². The van der Waals surface area contributed by atoms with Crippen LogP contribution >= 0.6 is 0 Å². The van der Waals surface area contributed by atoms with Crippen molar-refractivity contribution >= 4 is 15.9 Å². The largest absolute Gasteiger partial charge is 0.334 e. The lowest BCUT2D eigenvalue weighted by Crippen LogP contribution is -2.66. The second kappa shape index (κ2) is 7.85. The van der Waals surface area contributed by atoms with Gasteiger partial charge in [-0.05, 0) is 44.9 Å². The number of fused-ring (bicyclic) bond motifs is 1. The van der Waals surface area contributed by atoms with Crippen LogP contribution in [0.25, 0.3) is 0 Å². The van der Waals surface area contributed by atoms with E-state index in [2.05, 4.69) is 6.07 Å². The fourth-order valence-electron chi connectivity index (χ4n) is 5.38. The Kier molecular flexibility index (Phi) is 5.93. The van der Waals surface area contributed by atoms with Crippen LogP contribution in [0.3, 0.4) is 0 Å². The van der Waals surface area contributed by atoms with Gasteiger partial charge in [0, 0.05) is 37.5 Å². The van der Waals surface area contributed by atoms with E-state index in [1.54, 1.807) is 11.2 Å². The molecule has 5 atom stereocenters. The standard InChI is InChI=1S/C19H31N3O3S/c1-14-12-21(18-8-3-4-9-19(18)22(14)15(2)23)26(24,25)13-17-7-5-6-16(10-17)11-20/h14,16-19H,3-10,12-13H2,1-2H3/t14-,16?,17?,18?,19?/m0/s1. The highest BCUT2D eigenvalue weighted by atomic mass is 32.2. The molecule has 3 rings (SSSR count). The summed E-state index contributed by atoms with van der Waals surface area (Å²) in [5.41, 5.74) is 0. The molecule has 0 spiro atoms. The highest BCUT2D eigenvalue weighted by molar-refractivity contribution is 7.89. The van der Waals surface area contributed by atoms with Gasteiger partial charge in [-0.15, -0.1) is 0 Å². The molecule has 3 aliphatic rings. The minimum Gasteiger partial charge on any atom is -0.334 e. The number of nitriles is 1. The number of rotatable bonds is 3. The first-order chi connectivity index (χ1) is 12.3. The minimum atomic E-state index is -3.38. The fraction of sp³-hybridized carbons (Fsp3) is 0.895. The van der Waals surface area contributed by atoms with Crippen LogP contribution < -0.4 is 0 Å². The van der Waals surface area contributed by atoms with E-state index in [4.69, 9.17) is 0 Å². The Morgan fingerprint density at radius 1 is 1.12 bits per heavy atom. The van der Waals surface area contributed by atoms with Crippen LogP contribution in [0.1, 0.15) is 65.2 Å². The van der Waals surface area contributed by atoms with Gasteiger partial charge >= 0.3 is 0 Å². The van der Waals surface area contributed by atoms with E-state index in [0.717, 1.165) is 44.9 Å². The average Bonchev–Trinajstić information content (AvgIpc) is 2.60. The SMILES string of the molecule is CC(=O)N1C2CCCCC2N(S(=O)(=O)CC2CCCC(C#N)C2)C[C@@H]1C. The van der Waals surface area contributed by atoms with E-state index < -0.39 is 10.0 Å². The zero-order valence-corrected chi connectivity index (χ0v) is 16.7. The van der Waals surface area contributed by atoms with Crippen LogP contribution in [0.5, 0.6) is 0 Å². The summed E-state index contributed by atoms with van der Waals surface area (Å²) < 4.78 is 28.2. The van der Waals surface area contributed by atoms with Crippen molar-refractivity contribution in [3.8, 4) is 6.07 Å². The molecule has 7 heteroatoms. The Bertz CT molecular complexity index is 672. The third-order valence-electron chi connectivity index (χ3n) is 6.47. The molecule has 146 valence electrons. The first kappa shape index (κ1) is 19.6. The number of carbonyl (C=O) groups excluding carboxylic acids is 1. The topological polar surface area (TPSA) is 81.5 Å². The van der Waals surface area contributed by atoms with E-state index >= 15 is 0 Å². The van der Waals surface area contributed by atoms with Crippen LogP contribution in [0.15, 0.2) is 0 Å². The summed E-state index contributed by atoms with van der Waals surface area (Å²) in [7, 11) is -3.38. The van der Waals surface area contributed by atoms with E-state index in [0.29, 0.717) is 13.0 Å². The maximum Gasteiger partial charge on any atom is 0.220 e. The lowest BCUT2D eigenvalue weighted by Gasteiger charge is -2.52. The highest BCUT2D eigenvalue weighted by Crippen LogP contribution is 2.36. The number of carbonyl (C=O) groups is 1. The van der Waals surface area contributed by atoms with E-state index in [1.165, 1.54) is 0 Å². The molecular weight excluding hydrogens is 350 g/mol. The maximum atomic E-state index is 13.3. The van der Waals surface area contributed by atoms with Crippen molar-refractivity contribution < 1.29 is 13.2 Å². The molecule has 0 radical (unpaired) electrons. The summed E-state index contributed by atoms with van der Waals surface area (Å²) in [5, 5.41) is 9.18. The predicted octanol–water partition coefficient (Wildman–Crippen LogP) is 2.51. The first-order valence-electron chi connectivity index (χ1n) is 10.0. The van der Waals surface area contributed by atoms with Crippen molar-refractivity contribution in [2.45, 2.75) is 83.3 Å². The molecule has 26 heavy (non-hydrogen) atoms. The molecule has 0 aromatic heterocycles. The van der Waals surface area contributed by atoms with Crippen molar-refractivity contribution in [3.63, 3.8) is 0 Å². The van der Waals surface area contributed by atoms with E-state index in [1.807, 2.05) is 11.8 Å². The number of piperazine rings is 1. The number of amides is 1. The molecule has 0 aromatic carbocycles. The molecule has 4 unspecified atom stereocenters. The molecule has 1 heterocycles. The van der Waals surface area contributed by atoms with Crippen LogP contribution in [-0.4, -0.2) is 54.0 Å². The zero-order chi connectivity index (χ0) is 18.9. The van der Waals surface area contributed by atoms with Gasteiger partial charge in [-0.2, -0.15) is 9.57 Å². The maximum absolute atomic E-state index is 13.3. The van der Waals surface area contributed by atoms with Gasteiger partial charge in [0.1, 0.15) is 0 Å². The third-order valence-corrected chi connectivity index (χ3v) is 8.50. The molecule has 0 bridgehead atoms. The third kappa shape index (κ3) is 3.91. The molecule has 2 aliphatic carbocycles. The van der Waals surface area contributed by atoms with Crippen molar-refractivity contribution in [1.29, 1.82) is 5.26 Å². The van der Waals surface area contributed by atoms with Crippen LogP contribution in [0, 0.1) is 23.2 Å². The van der Waals surface area contributed by atoms with E-state index in [9.17, 15) is 18.5 Å². The average molecular weight is 382 g/mol. The predicted molar refractivity (Wildman–Crippen MR) is 99.6 cm³/mol. The quantitative estimate of drug-likeness (QED) is 0.752. The van der Waals surface area contributed by atoms with Gasteiger partial charge in [0.15, 0.2) is 0 Å². The molecule has 1 saturated heterocycles. The lowest BCUT2D eigenvalue weighted by molar-refractivity contribution is -0.139. The van der Waals surface area contributed by atoms with Crippen LogP contribution in [0.4, 0.5) is 0 Å². The van der Waals surface area contributed by atoms with Crippen LogP contribution in [0.2, 0.25) is 0 Å². The Labute approximate surface area is 157 Å². The first-order valence-corrected chi connectivity index (χ1v) is 11.6. The molecule has 3 fully saturated rings. The van der Waals surface area contributed by atoms with Crippen LogP contribution in [-0.2, 0) is 14.8 Å². The number of sulfonamides is 1. The second-order valence-corrected chi connectivity index (χ2v) is 10.4. The smallest absolute Gasteiger partial charge is 0.220 e. The fourth-order valence-corrected chi connectivity index (χ4v) is 7.57. The van der Waals surface area contributed by atoms with Gasteiger partial charge in [-0.3, -0.25) is 4.79 Å². The molecule has 0 aromatic rings. The number of nitrogens with zero attached hydrogens (tertiary/aromatic N) is 3. The van der Waals surface area contributed by atoms with E-state index in [-0.39, 0.29) is 41.6 Å². The van der Waals surface area contributed by atoms with Crippen molar-refractivity contribution in [2.75, 3.05) is 12.3 Å². The van der Waals surface area contributed by atoms with Gasteiger partial charge in [0.2, 0.25) is 15.9 Å². The summed E-state index contributed by atoms with van der Waals surface area (Å²) in [6, 6.07) is 2.17. The molecule has 2 saturated carbocycles. The normalized spacial score (nSPS) is 36.2. The van der Waals surface area contributed by atoms with Crippen molar-refractivity contribution in [3.05, 3.63) is 0 Å². The summed E-state index contributed by atoms with van der Waals surface area (Å²) in [4.78, 5) is 14.1. The number of hydrogen-bond donors (Lipinski definition) is 0. The Morgan fingerprint density at radius 2 is 1.81 bits per heavy atom. The lowest BCUT2D eigenvalue weighted by atomic mass is 9.83. The van der Waals surface area contributed by atoms with Crippen molar-refractivity contribution in [1.82, 2.24) is 9.21 Å². The van der Waals surface area contributed by atoms with Gasteiger partial charge in [-0.25, -0.2) is 8.42 Å². The molecule has 6 nitrogen and oxygen atoms in total. The molecule has 1 aliphatic heterocycles. The Morgan fingerprint density at radius 3 is 2.46 bits per heavy atom. The number of hydrogen-bond acceptors (Lipinski definition) is 4. The molecular formula is C19H31N3O3S. The molecule has 0 N–H and O–H groups in total. The highest BCUT2D eigenvalue weighted by Gasteiger charge is 2.47. The Hall–Kier alpha value is -1.13. The van der Waals surface area contributed by atoms with Gasteiger partial charge < -0.3 is 4.90 Å². The minimum absolute atomic E-state index is 0.000127. The zero-order valence-electron chi connectivity index (χ0n) is 15.9. The van der Waals surface area contributed by atoms with Gasteiger partial charge in [0.05, 0.1) is 11.8 Å². The summed E-state index contributed by atoms with van der Waals surface area (Å²) in [6.07, 6.45) is 7.24. The monoisotopic (exact) mass is 381 g/mol.